The lowest BCUT2D eigenvalue weighted by Crippen LogP contribution is -2.42. The summed E-state index contributed by atoms with van der Waals surface area (Å²) in [5.41, 5.74) is 0. The van der Waals surface area contributed by atoms with Crippen LogP contribution in [0.4, 0.5) is 0 Å². The van der Waals surface area contributed by atoms with Crippen molar-refractivity contribution in [1.29, 1.82) is 0 Å². The van der Waals surface area contributed by atoms with Gasteiger partial charge in [0.1, 0.15) is 6.04 Å². The van der Waals surface area contributed by atoms with E-state index in [0.717, 1.165) is 0 Å². The topological polar surface area (TPSA) is 138 Å². The molecular formula is C11H17NO7S2. The van der Waals surface area contributed by atoms with Crippen LogP contribution < -0.4 is 5.32 Å². The first-order valence-electron chi connectivity index (χ1n) is 6.25. The first kappa shape index (κ1) is 17.8. The number of carbonyl (C=O) groups excluding carboxylic acids is 1. The highest BCUT2D eigenvalue weighted by Crippen LogP contribution is 2.24. The number of hydrogen-bond acceptors (Lipinski definition) is 6. The van der Waals surface area contributed by atoms with E-state index in [1.165, 1.54) is 11.8 Å². The van der Waals surface area contributed by atoms with Crippen molar-refractivity contribution in [2.45, 2.75) is 30.6 Å². The molecule has 1 amide bonds. The summed E-state index contributed by atoms with van der Waals surface area (Å²) in [6.45, 7) is 0. The number of sulfone groups is 1. The van der Waals surface area contributed by atoms with E-state index in [1.807, 2.05) is 0 Å². The molecule has 0 aliphatic carbocycles. The first-order valence-corrected chi connectivity index (χ1v) is 9.12. The molecule has 1 rings (SSSR count). The molecule has 21 heavy (non-hydrogen) atoms. The Balaban J connectivity index is 2.37. The van der Waals surface area contributed by atoms with Crippen LogP contribution in [0, 0.1) is 0 Å². The number of carbonyl (C=O) groups is 3. The Morgan fingerprint density at radius 2 is 1.95 bits per heavy atom. The predicted molar refractivity (Wildman–Crippen MR) is 76.0 cm³/mol. The van der Waals surface area contributed by atoms with E-state index < -0.39 is 33.7 Å². The summed E-state index contributed by atoms with van der Waals surface area (Å²) in [6.07, 6.45) is -0.0637. The van der Waals surface area contributed by atoms with Gasteiger partial charge in [0.05, 0.1) is 17.3 Å². The third-order valence-electron chi connectivity index (χ3n) is 2.92. The largest absolute Gasteiger partial charge is 0.481 e. The maximum absolute atomic E-state index is 11.6. The zero-order chi connectivity index (χ0) is 16.0. The van der Waals surface area contributed by atoms with Crippen LogP contribution in [0.5, 0.6) is 0 Å². The average molecular weight is 339 g/mol. The standard InChI is InChI=1S/C11H17NO7S2/c13-9(5-20-7-3-4-21(18,19)6-7)12-8(11(16)17)1-2-10(14)15/h7-8H,1-6H2,(H,12,13)(H,14,15)(H,16,17). The Morgan fingerprint density at radius 1 is 1.29 bits per heavy atom. The van der Waals surface area contributed by atoms with E-state index in [9.17, 15) is 22.8 Å². The lowest BCUT2D eigenvalue weighted by Gasteiger charge is -2.14. The summed E-state index contributed by atoms with van der Waals surface area (Å²) in [5.74, 6) is -2.87. The van der Waals surface area contributed by atoms with Gasteiger partial charge < -0.3 is 15.5 Å². The molecule has 1 fully saturated rings. The molecule has 0 spiro atoms. The third kappa shape index (κ3) is 6.80. The lowest BCUT2D eigenvalue weighted by molar-refractivity contribution is -0.142. The Labute approximate surface area is 126 Å². The fourth-order valence-electron chi connectivity index (χ4n) is 1.85. The molecule has 0 aromatic rings. The molecule has 0 aromatic heterocycles. The SMILES string of the molecule is O=C(O)CCC(NC(=O)CSC1CCS(=O)(=O)C1)C(=O)O. The van der Waals surface area contributed by atoms with Crippen molar-refractivity contribution < 1.29 is 33.0 Å². The smallest absolute Gasteiger partial charge is 0.326 e. The van der Waals surface area contributed by atoms with Crippen molar-refractivity contribution >= 4 is 39.4 Å². The maximum Gasteiger partial charge on any atom is 0.326 e. The van der Waals surface area contributed by atoms with E-state index >= 15 is 0 Å². The molecule has 1 aliphatic rings. The molecule has 0 radical (unpaired) electrons. The number of thioether (sulfide) groups is 1. The van der Waals surface area contributed by atoms with Gasteiger partial charge >= 0.3 is 11.9 Å². The molecule has 1 aliphatic heterocycles. The van der Waals surface area contributed by atoms with Crippen molar-refractivity contribution in [3.05, 3.63) is 0 Å². The second kappa shape index (κ2) is 7.64. The van der Waals surface area contributed by atoms with E-state index in [4.69, 9.17) is 10.2 Å². The fraction of sp³-hybridized carbons (Fsp3) is 0.727. The first-order chi connectivity index (χ1) is 9.69. The molecule has 3 N–H and O–H groups in total. The minimum absolute atomic E-state index is 0.0340. The van der Waals surface area contributed by atoms with Gasteiger partial charge in [0.15, 0.2) is 9.84 Å². The molecular weight excluding hydrogens is 322 g/mol. The fourth-order valence-corrected chi connectivity index (χ4v) is 5.30. The van der Waals surface area contributed by atoms with Gasteiger partial charge in [-0.2, -0.15) is 0 Å². The number of hydrogen-bond donors (Lipinski definition) is 3. The molecule has 1 heterocycles. The summed E-state index contributed by atoms with van der Waals surface area (Å²) in [6, 6.07) is -1.25. The molecule has 1 saturated heterocycles. The number of carboxylic acid groups (broad SMARTS) is 2. The second-order valence-electron chi connectivity index (χ2n) is 4.73. The highest BCUT2D eigenvalue weighted by atomic mass is 32.2. The summed E-state index contributed by atoms with van der Waals surface area (Å²) < 4.78 is 22.5. The van der Waals surface area contributed by atoms with Crippen molar-refractivity contribution in [2.24, 2.45) is 0 Å². The molecule has 0 saturated carbocycles. The quantitative estimate of drug-likeness (QED) is 0.530. The zero-order valence-electron chi connectivity index (χ0n) is 11.1. The minimum atomic E-state index is -3.01. The monoisotopic (exact) mass is 339 g/mol. The molecule has 0 bridgehead atoms. The molecule has 0 aromatic carbocycles. The van der Waals surface area contributed by atoms with Gasteiger partial charge in [0.2, 0.25) is 5.91 Å². The third-order valence-corrected chi connectivity index (χ3v) is 6.20. The lowest BCUT2D eigenvalue weighted by atomic mass is 10.1. The van der Waals surface area contributed by atoms with Gasteiger partial charge in [-0.3, -0.25) is 9.59 Å². The van der Waals surface area contributed by atoms with Gasteiger partial charge in [0.25, 0.3) is 0 Å². The van der Waals surface area contributed by atoms with E-state index in [2.05, 4.69) is 5.32 Å². The van der Waals surface area contributed by atoms with Crippen LogP contribution in [0.25, 0.3) is 0 Å². The van der Waals surface area contributed by atoms with Crippen molar-refractivity contribution in [1.82, 2.24) is 5.32 Å². The Bertz CT molecular complexity index is 517. The number of aliphatic carboxylic acids is 2. The van der Waals surface area contributed by atoms with E-state index in [-0.39, 0.29) is 35.4 Å². The summed E-state index contributed by atoms with van der Waals surface area (Å²) in [4.78, 5) is 32.9. The van der Waals surface area contributed by atoms with Gasteiger partial charge in [-0.05, 0) is 12.8 Å². The van der Waals surface area contributed by atoms with Crippen LogP contribution in [0.3, 0.4) is 0 Å². The summed E-state index contributed by atoms with van der Waals surface area (Å²) in [7, 11) is -3.01. The van der Waals surface area contributed by atoms with E-state index in [0.29, 0.717) is 6.42 Å². The molecule has 2 atom stereocenters. The highest BCUT2D eigenvalue weighted by Gasteiger charge is 2.29. The van der Waals surface area contributed by atoms with Crippen LogP contribution in [0.15, 0.2) is 0 Å². The number of amides is 1. The van der Waals surface area contributed by atoms with Gasteiger partial charge in [0, 0.05) is 11.7 Å². The Kier molecular flexibility index (Phi) is 6.46. The van der Waals surface area contributed by atoms with Gasteiger partial charge in [-0.1, -0.05) is 0 Å². The summed E-state index contributed by atoms with van der Waals surface area (Å²) in [5, 5.41) is 19.5. The molecule has 10 heteroatoms. The zero-order valence-corrected chi connectivity index (χ0v) is 12.8. The molecule has 8 nitrogen and oxygen atoms in total. The summed E-state index contributed by atoms with van der Waals surface area (Å²) >= 11 is 1.17. The van der Waals surface area contributed by atoms with Crippen molar-refractivity contribution in [2.75, 3.05) is 17.3 Å². The average Bonchev–Trinajstić information content (AvgIpc) is 2.71. The molecule has 120 valence electrons. The van der Waals surface area contributed by atoms with Gasteiger partial charge in [-0.15, -0.1) is 11.8 Å². The Hall–Kier alpha value is -1.29. The molecule has 2 unspecified atom stereocenters. The van der Waals surface area contributed by atoms with Gasteiger partial charge in [-0.25, -0.2) is 13.2 Å². The van der Waals surface area contributed by atoms with Crippen molar-refractivity contribution in [3.63, 3.8) is 0 Å². The van der Waals surface area contributed by atoms with Crippen LogP contribution in [-0.4, -0.2) is 65.0 Å². The van der Waals surface area contributed by atoms with Crippen LogP contribution in [0.1, 0.15) is 19.3 Å². The van der Waals surface area contributed by atoms with Crippen molar-refractivity contribution in [3.8, 4) is 0 Å². The number of carboxylic acids is 2. The predicted octanol–water partition coefficient (Wildman–Crippen LogP) is -0.659. The maximum atomic E-state index is 11.6. The minimum Gasteiger partial charge on any atom is -0.481 e. The highest BCUT2D eigenvalue weighted by molar-refractivity contribution is 8.02. The number of rotatable bonds is 8. The van der Waals surface area contributed by atoms with E-state index in [1.54, 1.807) is 0 Å². The van der Waals surface area contributed by atoms with Crippen LogP contribution in [0.2, 0.25) is 0 Å². The van der Waals surface area contributed by atoms with Crippen LogP contribution >= 0.6 is 11.8 Å². The Morgan fingerprint density at radius 3 is 2.43 bits per heavy atom. The second-order valence-corrected chi connectivity index (χ2v) is 8.24. The normalized spacial score (nSPS) is 21.6. The van der Waals surface area contributed by atoms with Crippen LogP contribution in [-0.2, 0) is 24.2 Å². The number of nitrogens with one attached hydrogen (secondary N) is 1.